The fourth-order valence-electron chi connectivity index (χ4n) is 3.22. The number of hydrogen-bond acceptors (Lipinski definition) is 4. The number of anilines is 1. The van der Waals surface area contributed by atoms with Gasteiger partial charge in [0.25, 0.3) is 0 Å². The van der Waals surface area contributed by atoms with Crippen molar-refractivity contribution in [1.82, 2.24) is 5.32 Å². The molecule has 7 heteroatoms. The average molecular weight is 433 g/mol. The molecule has 2 aromatic carbocycles. The minimum Gasteiger partial charge on any atom is -0.493 e. The van der Waals surface area contributed by atoms with Crippen LogP contribution in [0.2, 0.25) is 0 Å². The van der Waals surface area contributed by atoms with Crippen molar-refractivity contribution < 1.29 is 17.9 Å². The Morgan fingerprint density at radius 3 is 2.53 bits per heavy atom. The number of carbonyl (C=O) groups is 1. The van der Waals surface area contributed by atoms with Crippen LogP contribution in [-0.4, -0.2) is 40.3 Å². The standard InChI is InChI=1S/C23H32N2O4S/c1-5-15-29-22-11-7-6-9-20(22)10-8-14-24-23(26)17-25(30(4,27)28)21-13-12-18(2)16-19(21)3/h6-7,9,11-13,16H,5,8,10,14-15,17H2,1-4H3,(H,24,26). The van der Waals surface area contributed by atoms with Gasteiger partial charge in [-0.2, -0.15) is 0 Å². The number of sulfonamides is 1. The highest BCUT2D eigenvalue weighted by atomic mass is 32.2. The smallest absolute Gasteiger partial charge is 0.240 e. The monoisotopic (exact) mass is 432 g/mol. The molecule has 1 amide bonds. The van der Waals surface area contributed by atoms with Gasteiger partial charge in [-0.15, -0.1) is 0 Å². The molecule has 0 radical (unpaired) electrons. The first kappa shape index (κ1) is 23.7. The Kier molecular flexibility index (Phi) is 8.72. The molecule has 0 bridgehead atoms. The van der Waals surface area contributed by atoms with Crippen molar-refractivity contribution in [3.8, 4) is 5.75 Å². The van der Waals surface area contributed by atoms with Gasteiger partial charge in [0.2, 0.25) is 15.9 Å². The molecule has 6 nitrogen and oxygen atoms in total. The largest absolute Gasteiger partial charge is 0.493 e. The predicted octanol–water partition coefficient (Wildman–Crippen LogP) is 3.61. The van der Waals surface area contributed by atoms with E-state index < -0.39 is 10.0 Å². The molecule has 30 heavy (non-hydrogen) atoms. The summed E-state index contributed by atoms with van der Waals surface area (Å²) in [7, 11) is -3.58. The van der Waals surface area contributed by atoms with E-state index in [0.717, 1.165) is 52.3 Å². The molecule has 164 valence electrons. The number of para-hydroxylation sites is 1. The second-order valence-corrected chi connectivity index (χ2v) is 9.38. The SMILES string of the molecule is CCCOc1ccccc1CCCNC(=O)CN(c1ccc(C)cc1C)S(C)(=O)=O. The summed E-state index contributed by atoms with van der Waals surface area (Å²) in [4.78, 5) is 12.4. The summed E-state index contributed by atoms with van der Waals surface area (Å²) in [6, 6.07) is 13.4. The zero-order valence-corrected chi connectivity index (χ0v) is 19.1. The molecule has 0 fully saturated rings. The molecular weight excluding hydrogens is 400 g/mol. The van der Waals surface area contributed by atoms with Crippen LogP contribution >= 0.6 is 0 Å². The molecular formula is C23H32N2O4S. The van der Waals surface area contributed by atoms with Crippen LogP contribution in [0, 0.1) is 13.8 Å². The number of amides is 1. The molecule has 2 rings (SSSR count). The van der Waals surface area contributed by atoms with Crippen LogP contribution in [0.1, 0.15) is 36.5 Å². The Hall–Kier alpha value is -2.54. The first-order chi connectivity index (χ1) is 14.2. The van der Waals surface area contributed by atoms with Gasteiger partial charge in [0.1, 0.15) is 12.3 Å². The number of nitrogens with one attached hydrogen (secondary N) is 1. The van der Waals surface area contributed by atoms with Gasteiger partial charge >= 0.3 is 0 Å². The van der Waals surface area contributed by atoms with E-state index in [4.69, 9.17) is 4.74 Å². The minimum absolute atomic E-state index is 0.237. The normalized spacial score (nSPS) is 11.2. The van der Waals surface area contributed by atoms with Crippen LogP contribution in [0.25, 0.3) is 0 Å². The lowest BCUT2D eigenvalue weighted by Crippen LogP contribution is -2.41. The van der Waals surface area contributed by atoms with E-state index in [-0.39, 0.29) is 12.5 Å². The van der Waals surface area contributed by atoms with E-state index in [9.17, 15) is 13.2 Å². The fourth-order valence-corrected chi connectivity index (χ4v) is 4.14. The molecule has 2 aromatic rings. The van der Waals surface area contributed by atoms with Crippen molar-refractivity contribution >= 4 is 21.6 Å². The van der Waals surface area contributed by atoms with Crippen molar-refractivity contribution in [2.45, 2.75) is 40.0 Å². The van der Waals surface area contributed by atoms with Gasteiger partial charge in [0.05, 0.1) is 18.6 Å². The molecule has 0 saturated heterocycles. The third-order valence-corrected chi connectivity index (χ3v) is 5.81. The lowest BCUT2D eigenvalue weighted by atomic mass is 10.1. The number of benzene rings is 2. The molecule has 0 aromatic heterocycles. The summed E-state index contributed by atoms with van der Waals surface area (Å²) in [6.07, 6.45) is 3.57. The van der Waals surface area contributed by atoms with Gasteiger partial charge in [0, 0.05) is 6.54 Å². The van der Waals surface area contributed by atoms with Crippen LogP contribution in [0.4, 0.5) is 5.69 Å². The highest BCUT2D eigenvalue weighted by Crippen LogP contribution is 2.23. The number of hydrogen-bond donors (Lipinski definition) is 1. The second-order valence-electron chi connectivity index (χ2n) is 7.47. The van der Waals surface area contributed by atoms with E-state index in [0.29, 0.717) is 18.8 Å². The molecule has 0 heterocycles. The maximum atomic E-state index is 12.4. The molecule has 0 aliphatic heterocycles. The van der Waals surface area contributed by atoms with Gasteiger partial charge in [0.15, 0.2) is 0 Å². The summed E-state index contributed by atoms with van der Waals surface area (Å²) < 4.78 is 31.5. The van der Waals surface area contributed by atoms with Gasteiger partial charge in [-0.3, -0.25) is 9.10 Å². The summed E-state index contributed by atoms with van der Waals surface area (Å²) in [5.41, 5.74) is 3.49. The zero-order chi connectivity index (χ0) is 22.1. The maximum absolute atomic E-state index is 12.4. The quantitative estimate of drug-likeness (QED) is 0.551. The molecule has 0 atom stereocenters. The molecule has 0 aliphatic carbocycles. The molecule has 0 spiro atoms. The first-order valence-corrected chi connectivity index (χ1v) is 12.1. The van der Waals surface area contributed by atoms with Crippen LogP contribution in [0.3, 0.4) is 0 Å². The van der Waals surface area contributed by atoms with Crippen molar-refractivity contribution in [2.75, 3.05) is 30.3 Å². The number of nitrogens with zero attached hydrogens (tertiary/aromatic N) is 1. The Labute approximate surface area is 180 Å². The lowest BCUT2D eigenvalue weighted by molar-refractivity contribution is -0.119. The fraction of sp³-hybridized carbons (Fsp3) is 0.435. The summed E-state index contributed by atoms with van der Waals surface area (Å²) in [5.74, 6) is 0.555. The molecule has 0 aliphatic rings. The molecule has 0 saturated carbocycles. The number of rotatable bonds is 11. The van der Waals surface area contributed by atoms with Crippen LogP contribution in [0.5, 0.6) is 5.75 Å². The van der Waals surface area contributed by atoms with E-state index in [1.54, 1.807) is 6.07 Å². The van der Waals surface area contributed by atoms with Crippen molar-refractivity contribution in [3.63, 3.8) is 0 Å². The number of ether oxygens (including phenoxy) is 1. The summed E-state index contributed by atoms with van der Waals surface area (Å²) in [6.45, 7) is 6.75. The van der Waals surface area contributed by atoms with Crippen molar-refractivity contribution in [1.29, 1.82) is 0 Å². The van der Waals surface area contributed by atoms with E-state index in [1.807, 2.05) is 50.2 Å². The van der Waals surface area contributed by atoms with Gasteiger partial charge in [-0.25, -0.2) is 8.42 Å². The highest BCUT2D eigenvalue weighted by Gasteiger charge is 2.22. The van der Waals surface area contributed by atoms with Crippen LogP contribution in [0.15, 0.2) is 42.5 Å². The summed E-state index contributed by atoms with van der Waals surface area (Å²) in [5, 5.41) is 2.83. The Morgan fingerprint density at radius 1 is 1.13 bits per heavy atom. The van der Waals surface area contributed by atoms with Gasteiger partial charge in [-0.1, -0.05) is 42.8 Å². The third kappa shape index (κ3) is 7.06. The van der Waals surface area contributed by atoms with Crippen LogP contribution in [-0.2, 0) is 21.2 Å². The minimum atomic E-state index is -3.58. The topological polar surface area (TPSA) is 75.7 Å². The summed E-state index contributed by atoms with van der Waals surface area (Å²) >= 11 is 0. The first-order valence-electron chi connectivity index (χ1n) is 10.2. The van der Waals surface area contributed by atoms with E-state index in [2.05, 4.69) is 12.2 Å². The van der Waals surface area contributed by atoms with E-state index >= 15 is 0 Å². The number of aryl methyl sites for hydroxylation is 3. The third-order valence-electron chi connectivity index (χ3n) is 4.69. The predicted molar refractivity (Wildman–Crippen MR) is 122 cm³/mol. The zero-order valence-electron chi connectivity index (χ0n) is 18.3. The number of carbonyl (C=O) groups excluding carboxylic acids is 1. The van der Waals surface area contributed by atoms with E-state index in [1.165, 1.54) is 0 Å². The van der Waals surface area contributed by atoms with Crippen LogP contribution < -0.4 is 14.4 Å². The van der Waals surface area contributed by atoms with Crippen molar-refractivity contribution in [2.24, 2.45) is 0 Å². The van der Waals surface area contributed by atoms with Gasteiger partial charge < -0.3 is 10.1 Å². The Bertz CT molecular complexity index is 957. The maximum Gasteiger partial charge on any atom is 0.240 e. The average Bonchev–Trinajstić information content (AvgIpc) is 2.68. The Morgan fingerprint density at radius 2 is 1.87 bits per heavy atom. The highest BCUT2D eigenvalue weighted by molar-refractivity contribution is 7.92. The second kappa shape index (κ2) is 11.0. The Balaban J connectivity index is 1.93. The molecule has 0 unspecified atom stereocenters. The van der Waals surface area contributed by atoms with Crippen molar-refractivity contribution in [3.05, 3.63) is 59.2 Å². The molecule has 1 N–H and O–H groups in total. The lowest BCUT2D eigenvalue weighted by Gasteiger charge is -2.24. The van der Waals surface area contributed by atoms with Gasteiger partial charge in [-0.05, 0) is 56.4 Å².